The number of rotatable bonds is 4. The molecule has 1 saturated carbocycles. The summed E-state index contributed by atoms with van der Waals surface area (Å²) in [6.07, 6.45) is 2.40. The highest BCUT2D eigenvalue weighted by atomic mass is 16.6. The summed E-state index contributed by atoms with van der Waals surface area (Å²) in [4.78, 5) is 49.3. The average Bonchev–Trinajstić information content (AvgIpc) is 2.98. The van der Waals surface area contributed by atoms with Crippen molar-refractivity contribution in [2.24, 2.45) is 17.8 Å². The lowest BCUT2D eigenvalue weighted by Crippen LogP contribution is -2.30. The van der Waals surface area contributed by atoms with Gasteiger partial charge in [-0.25, -0.2) is 4.79 Å². The molecule has 2 amide bonds. The largest absolute Gasteiger partial charge is 0.423 e. The summed E-state index contributed by atoms with van der Waals surface area (Å²) in [5.74, 6) is -0.942. The van der Waals surface area contributed by atoms with Crippen molar-refractivity contribution in [2.45, 2.75) is 26.2 Å². The second-order valence-corrected chi connectivity index (χ2v) is 7.83. The molecule has 0 bridgehead atoms. The van der Waals surface area contributed by atoms with Crippen LogP contribution in [0.25, 0.3) is 0 Å². The zero-order valence-corrected chi connectivity index (χ0v) is 16.3. The molecule has 1 heterocycles. The monoisotopic (exact) mass is 408 g/mol. The number of anilines is 1. The lowest BCUT2D eigenvalue weighted by atomic mass is 9.76. The van der Waals surface area contributed by atoms with Gasteiger partial charge in [0.15, 0.2) is 0 Å². The van der Waals surface area contributed by atoms with Crippen LogP contribution in [0.1, 0.15) is 36.5 Å². The van der Waals surface area contributed by atoms with Crippen LogP contribution >= 0.6 is 0 Å². The number of imide groups is 1. The van der Waals surface area contributed by atoms with Gasteiger partial charge in [0.05, 0.1) is 28.0 Å². The number of hydrogen-bond acceptors (Lipinski definition) is 6. The quantitative estimate of drug-likeness (QED) is 0.251. The minimum absolute atomic E-state index is 0.0522. The maximum absolute atomic E-state index is 12.8. The Labute approximate surface area is 172 Å². The molecule has 1 saturated heterocycles. The fourth-order valence-corrected chi connectivity index (χ4v) is 4.22. The molecule has 2 aromatic rings. The average molecular weight is 408 g/mol. The fourth-order valence-electron chi connectivity index (χ4n) is 4.22. The van der Waals surface area contributed by atoms with Crippen LogP contribution in [0.4, 0.5) is 11.4 Å². The van der Waals surface area contributed by atoms with Crippen molar-refractivity contribution >= 4 is 29.2 Å². The number of benzene rings is 2. The van der Waals surface area contributed by atoms with Crippen molar-refractivity contribution in [3.8, 4) is 5.75 Å². The Bertz CT molecular complexity index is 1030. The van der Waals surface area contributed by atoms with Crippen LogP contribution in [0.5, 0.6) is 5.75 Å². The number of ether oxygens (including phenoxy) is 1. The first-order valence-electron chi connectivity index (χ1n) is 9.79. The van der Waals surface area contributed by atoms with Crippen LogP contribution < -0.4 is 9.64 Å². The topological polar surface area (TPSA) is 107 Å². The number of fused-ring (bicyclic) bond motifs is 1. The smallest absolute Gasteiger partial charge is 0.343 e. The Balaban J connectivity index is 1.49. The van der Waals surface area contributed by atoms with Gasteiger partial charge >= 0.3 is 5.97 Å². The molecule has 3 atom stereocenters. The molecular weight excluding hydrogens is 388 g/mol. The Kier molecular flexibility index (Phi) is 5.07. The highest BCUT2D eigenvalue weighted by Crippen LogP contribution is 2.42. The second kappa shape index (κ2) is 7.70. The Morgan fingerprint density at radius 2 is 1.77 bits per heavy atom. The van der Waals surface area contributed by atoms with E-state index in [2.05, 4.69) is 6.92 Å². The number of carbonyl (C=O) groups is 3. The number of nitro benzene ring substituents is 1. The van der Waals surface area contributed by atoms with Crippen LogP contribution in [0.3, 0.4) is 0 Å². The van der Waals surface area contributed by atoms with Crippen molar-refractivity contribution < 1.29 is 24.0 Å². The normalized spacial score (nSPS) is 23.2. The molecule has 154 valence electrons. The van der Waals surface area contributed by atoms with Crippen molar-refractivity contribution in [1.82, 2.24) is 0 Å². The minimum atomic E-state index is -0.736. The van der Waals surface area contributed by atoms with E-state index < -0.39 is 10.9 Å². The van der Waals surface area contributed by atoms with Gasteiger partial charge in [0.2, 0.25) is 11.8 Å². The predicted octanol–water partition coefficient (Wildman–Crippen LogP) is 3.74. The van der Waals surface area contributed by atoms with E-state index in [-0.39, 0.29) is 40.7 Å². The van der Waals surface area contributed by atoms with Gasteiger partial charge in [-0.1, -0.05) is 13.0 Å². The minimum Gasteiger partial charge on any atom is -0.423 e. The number of non-ortho nitro benzene ring substituents is 1. The maximum Gasteiger partial charge on any atom is 0.343 e. The lowest BCUT2D eigenvalue weighted by Gasteiger charge is -2.25. The molecular formula is C22H20N2O6. The van der Waals surface area contributed by atoms with Gasteiger partial charge in [0.1, 0.15) is 5.75 Å². The van der Waals surface area contributed by atoms with E-state index in [1.54, 1.807) is 12.1 Å². The standard InChI is InChI=1S/C22H20N2O6/c1-13-5-10-18-19(11-13)21(26)23(20(18)25)15-6-8-17(9-7-15)30-22(27)14-3-2-4-16(12-14)24(28)29/h2-4,6-9,12-13,18-19H,5,10-11H2,1H3/t13-,18+,19-/m1/s1. The molecule has 30 heavy (non-hydrogen) atoms. The van der Waals surface area contributed by atoms with Gasteiger partial charge in [-0.05, 0) is 55.5 Å². The highest BCUT2D eigenvalue weighted by Gasteiger charge is 2.49. The molecule has 1 aliphatic heterocycles. The number of esters is 1. The number of nitro groups is 1. The number of amides is 2. The molecule has 8 heteroatoms. The Morgan fingerprint density at radius 3 is 2.47 bits per heavy atom. The van der Waals surface area contributed by atoms with Gasteiger partial charge in [0.25, 0.3) is 5.69 Å². The first-order chi connectivity index (χ1) is 14.3. The van der Waals surface area contributed by atoms with Gasteiger partial charge in [-0.2, -0.15) is 0 Å². The van der Waals surface area contributed by atoms with E-state index in [0.29, 0.717) is 11.6 Å². The van der Waals surface area contributed by atoms with E-state index in [0.717, 1.165) is 25.3 Å². The first kappa shape index (κ1) is 19.8. The third kappa shape index (κ3) is 3.56. The van der Waals surface area contributed by atoms with Crippen molar-refractivity contribution in [3.05, 3.63) is 64.2 Å². The Hall–Kier alpha value is -3.55. The lowest BCUT2D eigenvalue weighted by molar-refractivity contribution is -0.384. The summed E-state index contributed by atoms with van der Waals surface area (Å²) in [6.45, 7) is 2.10. The van der Waals surface area contributed by atoms with Gasteiger partial charge in [-0.3, -0.25) is 24.6 Å². The Morgan fingerprint density at radius 1 is 1.07 bits per heavy atom. The molecule has 0 aromatic heterocycles. The first-order valence-corrected chi connectivity index (χ1v) is 9.79. The molecule has 4 rings (SSSR count). The van der Waals surface area contributed by atoms with E-state index in [9.17, 15) is 24.5 Å². The fraction of sp³-hybridized carbons (Fsp3) is 0.318. The SMILES string of the molecule is C[C@@H]1CC[C@@H]2C(=O)N(c3ccc(OC(=O)c4cccc([N+](=O)[O-])c4)cc3)C(=O)[C@@H]2C1. The van der Waals surface area contributed by atoms with E-state index in [1.807, 2.05) is 0 Å². The molecule has 0 N–H and O–H groups in total. The van der Waals surface area contributed by atoms with Crippen LogP contribution in [0, 0.1) is 27.9 Å². The molecule has 0 unspecified atom stereocenters. The van der Waals surface area contributed by atoms with Crippen molar-refractivity contribution in [1.29, 1.82) is 0 Å². The number of nitrogens with zero attached hydrogens (tertiary/aromatic N) is 2. The summed E-state index contributed by atoms with van der Waals surface area (Å²) in [5, 5.41) is 10.9. The van der Waals surface area contributed by atoms with Gasteiger partial charge in [0, 0.05) is 12.1 Å². The third-order valence-corrected chi connectivity index (χ3v) is 5.79. The molecule has 8 nitrogen and oxygen atoms in total. The second-order valence-electron chi connectivity index (χ2n) is 7.83. The predicted molar refractivity (Wildman–Crippen MR) is 107 cm³/mol. The zero-order chi connectivity index (χ0) is 21.4. The van der Waals surface area contributed by atoms with E-state index in [4.69, 9.17) is 4.74 Å². The molecule has 2 aromatic carbocycles. The molecule has 0 spiro atoms. The summed E-state index contributed by atoms with van der Waals surface area (Å²) in [5.41, 5.74) is 0.292. The highest BCUT2D eigenvalue weighted by molar-refractivity contribution is 6.22. The summed E-state index contributed by atoms with van der Waals surface area (Å²) in [6, 6.07) is 11.4. The third-order valence-electron chi connectivity index (χ3n) is 5.79. The maximum atomic E-state index is 12.8. The summed E-state index contributed by atoms with van der Waals surface area (Å²) in [7, 11) is 0. The van der Waals surface area contributed by atoms with Crippen LogP contribution in [0.2, 0.25) is 0 Å². The van der Waals surface area contributed by atoms with Crippen LogP contribution in [-0.2, 0) is 9.59 Å². The van der Waals surface area contributed by atoms with Crippen LogP contribution in [-0.4, -0.2) is 22.7 Å². The molecule has 2 fully saturated rings. The summed E-state index contributed by atoms with van der Waals surface area (Å²) < 4.78 is 5.27. The van der Waals surface area contributed by atoms with E-state index >= 15 is 0 Å². The van der Waals surface area contributed by atoms with E-state index in [1.165, 1.54) is 35.2 Å². The molecule has 0 radical (unpaired) electrons. The van der Waals surface area contributed by atoms with Gasteiger partial charge < -0.3 is 4.74 Å². The summed E-state index contributed by atoms with van der Waals surface area (Å²) >= 11 is 0. The van der Waals surface area contributed by atoms with Crippen molar-refractivity contribution in [3.63, 3.8) is 0 Å². The number of hydrogen-bond donors (Lipinski definition) is 0. The molecule has 1 aliphatic carbocycles. The zero-order valence-electron chi connectivity index (χ0n) is 16.3. The number of carbonyl (C=O) groups excluding carboxylic acids is 3. The van der Waals surface area contributed by atoms with Crippen molar-refractivity contribution in [2.75, 3.05) is 4.90 Å². The van der Waals surface area contributed by atoms with Gasteiger partial charge in [-0.15, -0.1) is 0 Å². The van der Waals surface area contributed by atoms with Crippen LogP contribution in [0.15, 0.2) is 48.5 Å². The molecule has 2 aliphatic rings.